The number of aromatic nitrogens is 2. The van der Waals surface area contributed by atoms with Crippen molar-refractivity contribution in [3.8, 4) is 11.8 Å². The van der Waals surface area contributed by atoms with E-state index in [2.05, 4.69) is 39.5 Å². The van der Waals surface area contributed by atoms with Crippen molar-refractivity contribution in [2.75, 3.05) is 5.32 Å². The van der Waals surface area contributed by atoms with Crippen molar-refractivity contribution in [3.63, 3.8) is 0 Å². The number of allylic oxidation sites excluding steroid dienone is 2. The minimum atomic E-state index is -0.452. The number of H-pyrrole nitrogens is 1. The highest BCUT2D eigenvalue weighted by atomic mass is 32.2. The van der Waals surface area contributed by atoms with Crippen LogP contribution in [0.4, 0.5) is 11.4 Å². The van der Waals surface area contributed by atoms with Crippen molar-refractivity contribution >= 4 is 39.9 Å². The Morgan fingerprint density at radius 3 is 2.97 bits per heavy atom. The summed E-state index contributed by atoms with van der Waals surface area (Å²) in [4.78, 5) is 24.0. The first-order chi connectivity index (χ1) is 15.0. The van der Waals surface area contributed by atoms with E-state index in [-0.39, 0.29) is 11.6 Å². The molecule has 0 saturated carbocycles. The number of carbonyl (C=O) groups excluding carboxylic acids is 1. The molecule has 2 heterocycles. The van der Waals surface area contributed by atoms with Gasteiger partial charge in [0.05, 0.1) is 16.9 Å². The standard InChI is InChI=1S/C23H18N4O3S/c1-15-11-22-19(14-21(15)24-23(28)13-18-7-2-3-10-31-18)20(25-26-22)9-8-16-5-4-6-17(12-16)27(29)30/h3-7,10-12,14H,2,13H2,1H3,(H,24,28)(H,25,26). The lowest BCUT2D eigenvalue weighted by Gasteiger charge is -2.11. The minimum Gasteiger partial charge on any atom is -0.326 e. The lowest BCUT2D eigenvalue weighted by Crippen LogP contribution is -2.12. The van der Waals surface area contributed by atoms with Crippen LogP contribution in [0.1, 0.15) is 29.7 Å². The summed E-state index contributed by atoms with van der Waals surface area (Å²) in [5, 5.41) is 23.9. The molecule has 0 fully saturated rings. The van der Waals surface area contributed by atoms with E-state index in [1.165, 1.54) is 12.1 Å². The molecule has 154 valence electrons. The van der Waals surface area contributed by atoms with Crippen LogP contribution in [0, 0.1) is 28.9 Å². The van der Waals surface area contributed by atoms with Gasteiger partial charge in [-0.15, -0.1) is 11.8 Å². The summed E-state index contributed by atoms with van der Waals surface area (Å²) >= 11 is 1.56. The van der Waals surface area contributed by atoms with Gasteiger partial charge in [0, 0.05) is 28.8 Å². The third-order valence-electron chi connectivity index (χ3n) is 4.70. The summed E-state index contributed by atoms with van der Waals surface area (Å²) < 4.78 is 0. The van der Waals surface area contributed by atoms with Crippen molar-refractivity contribution in [1.29, 1.82) is 0 Å². The SMILES string of the molecule is Cc1cc2n[nH]c(C#Cc3cccc([N+](=O)[O-])c3)c2cc1NC(=O)CC1=CCC=CS1. The molecule has 31 heavy (non-hydrogen) atoms. The zero-order valence-corrected chi connectivity index (χ0v) is 17.5. The van der Waals surface area contributed by atoms with Gasteiger partial charge < -0.3 is 5.32 Å². The van der Waals surface area contributed by atoms with Crippen molar-refractivity contribution in [3.05, 3.63) is 85.8 Å². The summed E-state index contributed by atoms with van der Waals surface area (Å²) in [6.45, 7) is 1.91. The number of nitrogens with zero attached hydrogens (tertiary/aromatic N) is 2. The van der Waals surface area contributed by atoms with Crippen LogP contribution in [-0.4, -0.2) is 21.0 Å². The minimum absolute atomic E-state index is 0.0105. The summed E-state index contributed by atoms with van der Waals surface area (Å²) in [5.41, 5.74) is 3.43. The van der Waals surface area contributed by atoms with Crippen molar-refractivity contribution < 1.29 is 9.72 Å². The molecule has 4 rings (SSSR count). The smallest absolute Gasteiger partial charge is 0.270 e. The van der Waals surface area contributed by atoms with Crippen LogP contribution < -0.4 is 5.32 Å². The zero-order chi connectivity index (χ0) is 21.8. The number of anilines is 1. The molecular weight excluding hydrogens is 412 g/mol. The predicted octanol–water partition coefficient (Wildman–Crippen LogP) is 5.04. The number of thioether (sulfide) groups is 1. The lowest BCUT2D eigenvalue weighted by atomic mass is 10.1. The molecule has 0 atom stereocenters. The number of nitro benzene ring substituents is 1. The van der Waals surface area contributed by atoms with Crippen LogP contribution in [0.25, 0.3) is 10.9 Å². The molecule has 8 heteroatoms. The van der Waals surface area contributed by atoms with E-state index in [0.29, 0.717) is 23.4 Å². The van der Waals surface area contributed by atoms with Crippen molar-refractivity contribution in [1.82, 2.24) is 10.2 Å². The molecule has 2 N–H and O–H groups in total. The molecule has 1 aliphatic rings. The maximum atomic E-state index is 12.5. The molecule has 0 spiro atoms. The predicted molar refractivity (Wildman–Crippen MR) is 123 cm³/mol. The van der Waals surface area contributed by atoms with Gasteiger partial charge in [0.15, 0.2) is 0 Å². The first-order valence-electron chi connectivity index (χ1n) is 9.55. The Balaban J connectivity index is 1.58. The van der Waals surface area contributed by atoms with Crippen LogP contribution in [-0.2, 0) is 4.79 Å². The van der Waals surface area contributed by atoms with Crippen LogP contribution >= 0.6 is 11.8 Å². The number of fused-ring (bicyclic) bond motifs is 1. The summed E-state index contributed by atoms with van der Waals surface area (Å²) in [6, 6.07) is 9.89. The summed E-state index contributed by atoms with van der Waals surface area (Å²) in [5.74, 6) is 5.85. The average molecular weight is 430 g/mol. The number of nitrogens with one attached hydrogen (secondary N) is 2. The number of aromatic amines is 1. The van der Waals surface area contributed by atoms with Gasteiger partial charge in [-0.1, -0.05) is 24.1 Å². The second kappa shape index (κ2) is 8.90. The van der Waals surface area contributed by atoms with Gasteiger partial charge >= 0.3 is 0 Å². The quantitative estimate of drug-likeness (QED) is 0.343. The molecule has 2 aromatic carbocycles. The second-order valence-corrected chi connectivity index (χ2v) is 7.99. The third kappa shape index (κ3) is 4.85. The molecule has 3 aromatic rings. The molecular formula is C23H18N4O3S. The normalized spacial score (nSPS) is 12.7. The fourth-order valence-corrected chi connectivity index (χ4v) is 3.92. The molecule has 0 bridgehead atoms. The highest BCUT2D eigenvalue weighted by Crippen LogP contribution is 2.28. The van der Waals surface area contributed by atoms with Gasteiger partial charge in [-0.05, 0) is 53.3 Å². The molecule has 1 aliphatic heterocycles. The van der Waals surface area contributed by atoms with Crippen molar-refractivity contribution in [2.45, 2.75) is 19.8 Å². The van der Waals surface area contributed by atoms with Crippen molar-refractivity contribution in [2.24, 2.45) is 0 Å². The number of hydrogen-bond donors (Lipinski definition) is 2. The van der Waals surface area contributed by atoms with E-state index in [9.17, 15) is 14.9 Å². The monoisotopic (exact) mass is 430 g/mol. The largest absolute Gasteiger partial charge is 0.326 e. The number of benzene rings is 2. The fourth-order valence-electron chi connectivity index (χ4n) is 3.13. The fraction of sp³-hybridized carbons (Fsp3) is 0.130. The average Bonchev–Trinajstić information content (AvgIpc) is 3.15. The number of carbonyl (C=O) groups is 1. The highest BCUT2D eigenvalue weighted by Gasteiger charge is 2.12. The summed E-state index contributed by atoms with van der Waals surface area (Å²) in [6.07, 6.45) is 5.29. The number of nitro groups is 1. The van der Waals surface area contributed by atoms with Gasteiger partial charge in [-0.25, -0.2) is 0 Å². The van der Waals surface area contributed by atoms with E-state index in [1.54, 1.807) is 23.9 Å². The van der Waals surface area contributed by atoms with Crippen LogP contribution in [0.2, 0.25) is 0 Å². The van der Waals surface area contributed by atoms with Crippen LogP contribution in [0.3, 0.4) is 0 Å². The van der Waals surface area contributed by atoms with E-state index >= 15 is 0 Å². The van der Waals surface area contributed by atoms with Crippen LogP contribution in [0.5, 0.6) is 0 Å². The number of non-ortho nitro benzene ring substituents is 1. The Labute approximate surface area is 182 Å². The van der Waals surface area contributed by atoms with Gasteiger partial charge in [-0.2, -0.15) is 5.10 Å². The van der Waals surface area contributed by atoms with E-state index in [1.807, 2.05) is 24.5 Å². The van der Waals surface area contributed by atoms with Gasteiger partial charge in [0.25, 0.3) is 5.69 Å². The molecule has 0 saturated heterocycles. The molecule has 0 aliphatic carbocycles. The first kappa shape index (κ1) is 20.4. The maximum Gasteiger partial charge on any atom is 0.270 e. The number of amides is 1. The van der Waals surface area contributed by atoms with Gasteiger partial charge in [0.1, 0.15) is 5.69 Å². The van der Waals surface area contributed by atoms with E-state index in [0.717, 1.165) is 27.8 Å². The second-order valence-electron chi connectivity index (χ2n) is 6.96. The Bertz CT molecular complexity index is 1310. The molecule has 0 radical (unpaired) electrons. The number of aryl methyl sites for hydroxylation is 1. The van der Waals surface area contributed by atoms with Gasteiger partial charge in [0.2, 0.25) is 5.91 Å². The zero-order valence-electron chi connectivity index (χ0n) is 16.6. The van der Waals surface area contributed by atoms with E-state index < -0.39 is 4.92 Å². The van der Waals surface area contributed by atoms with E-state index in [4.69, 9.17) is 0 Å². The number of rotatable bonds is 4. The molecule has 7 nitrogen and oxygen atoms in total. The topological polar surface area (TPSA) is 101 Å². The Morgan fingerprint density at radius 1 is 1.32 bits per heavy atom. The van der Waals surface area contributed by atoms with Crippen LogP contribution in [0.15, 0.2) is 58.9 Å². The third-order valence-corrected chi connectivity index (χ3v) is 5.64. The molecule has 0 unspecified atom stereocenters. The Morgan fingerprint density at radius 2 is 2.19 bits per heavy atom. The highest BCUT2D eigenvalue weighted by molar-refractivity contribution is 8.05. The lowest BCUT2D eigenvalue weighted by molar-refractivity contribution is -0.384. The Kier molecular flexibility index (Phi) is 5.87. The molecule has 1 aromatic heterocycles. The van der Waals surface area contributed by atoms with Gasteiger partial charge in [-0.3, -0.25) is 20.0 Å². The first-order valence-corrected chi connectivity index (χ1v) is 10.4. The number of hydrogen-bond acceptors (Lipinski definition) is 5. The molecule has 1 amide bonds. The summed E-state index contributed by atoms with van der Waals surface area (Å²) in [7, 11) is 0. The Hall–Kier alpha value is -3.83. The maximum absolute atomic E-state index is 12.5.